The van der Waals surface area contributed by atoms with Gasteiger partial charge in [-0.15, -0.1) is 0 Å². The van der Waals surface area contributed by atoms with Crippen LogP contribution in [0.2, 0.25) is 0 Å². The van der Waals surface area contributed by atoms with Crippen molar-refractivity contribution in [3.63, 3.8) is 0 Å². The Bertz CT molecular complexity index is 1730. The van der Waals surface area contributed by atoms with E-state index in [1.165, 1.54) is 44.6 Å². The van der Waals surface area contributed by atoms with Gasteiger partial charge in [-0.05, 0) is 54.6 Å². The molecule has 0 spiro atoms. The van der Waals surface area contributed by atoms with E-state index in [4.69, 9.17) is 9.47 Å². The number of aromatic nitrogens is 2. The van der Waals surface area contributed by atoms with E-state index in [0.29, 0.717) is 33.9 Å². The van der Waals surface area contributed by atoms with Crippen LogP contribution in [0.4, 0.5) is 33.1 Å². The molecule has 0 aliphatic carbocycles. The Balaban J connectivity index is 1.56. The number of hydrogen-bond acceptors (Lipinski definition) is 7. The highest BCUT2D eigenvalue weighted by atomic mass is 32.2. The summed E-state index contributed by atoms with van der Waals surface area (Å²) in [5.74, 6) is 0.343. The minimum atomic E-state index is -2.60. The van der Waals surface area contributed by atoms with Gasteiger partial charge in [-0.1, -0.05) is 18.2 Å². The number of amides is 1. The van der Waals surface area contributed by atoms with Gasteiger partial charge in [-0.25, -0.2) is 22.9 Å². The lowest BCUT2D eigenvalue weighted by atomic mass is 10.2. The SMILES string of the molecule is COc1cc(Nc2nc3ccccc3nc2N(c2cccc(NC(=O)c3ccc(F)cc3)c2)S(=O)O)cc(OC)c1. The van der Waals surface area contributed by atoms with Gasteiger partial charge in [0.25, 0.3) is 17.2 Å². The first-order valence-electron chi connectivity index (χ1n) is 12.2. The molecule has 1 heterocycles. The van der Waals surface area contributed by atoms with Crippen molar-refractivity contribution in [2.24, 2.45) is 0 Å². The highest BCUT2D eigenvalue weighted by Gasteiger charge is 2.24. The molecular weight excluding hydrogens is 549 g/mol. The number of carbonyl (C=O) groups excluding carboxylic acids is 1. The molecule has 0 saturated heterocycles. The van der Waals surface area contributed by atoms with Crippen LogP contribution in [0.15, 0.2) is 91.0 Å². The number of anilines is 5. The number of halogens is 1. The van der Waals surface area contributed by atoms with Crippen molar-refractivity contribution in [1.29, 1.82) is 0 Å². The molecule has 10 nitrogen and oxygen atoms in total. The van der Waals surface area contributed by atoms with Gasteiger partial charge in [0.2, 0.25) is 0 Å². The molecule has 3 N–H and O–H groups in total. The summed E-state index contributed by atoms with van der Waals surface area (Å²) in [5.41, 5.74) is 2.42. The number of nitrogens with zero attached hydrogens (tertiary/aromatic N) is 3. The minimum absolute atomic E-state index is 0.0494. The van der Waals surface area contributed by atoms with Crippen molar-refractivity contribution >= 4 is 56.9 Å². The first-order valence-corrected chi connectivity index (χ1v) is 13.3. The zero-order valence-corrected chi connectivity index (χ0v) is 22.7. The minimum Gasteiger partial charge on any atom is -0.497 e. The molecule has 12 heteroatoms. The second-order valence-corrected chi connectivity index (χ2v) is 9.47. The van der Waals surface area contributed by atoms with Crippen molar-refractivity contribution < 1.29 is 27.4 Å². The largest absolute Gasteiger partial charge is 0.497 e. The van der Waals surface area contributed by atoms with Gasteiger partial charge >= 0.3 is 0 Å². The quantitative estimate of drug-likeness (QED) is 0.182. The highest BCUT2D eigenvalue weighted by Crippen LogP contribution is 2.36. The molecule has 5 rings (SSSR count). The van der Waals surface area contributed by atoms with Crippen LogP contribution in [-0.2, 0) is 11.3 Å². The van der Waals surface area contributed by atoms with Crippen LogP contribution in [0.1, 0.15) is 10.4 Å². The molecular formula is C29H24FN5O5S. The summed E-state index contributed by atoms with van der Waals surface area (Å²) in [7, 11) is 3.05. The second kappa shape index (κ2) is 12.0. The number of rotatable bonds is 9. The van der Waals surface area contributed by atoms with E-state index >= 15 is 0 Å². The second-order valence-electron chi connectivity index (χ2n) is 8.65. The Morgan fingerprint density at radius 1 is 0.854 bits per heavy atom. The Kier molecular flexibility index (Phi) is 8.04. The molecule has 4 aromatic carbocycles. The molecule has 1 unspecified atom stereocenters. The Morgan fingerprint density at radius 2 is 1.51 bits per heavy atom. The fraction of sp³-hybridized carbons (Fsp3) is 0.0690. The molecule has 1 amide bonds. The first-order chi connectivity index (χ1) is 19.8. The number of nitrogens with one attached hydrogen (secondary N) is 2. The smallest absolute Gasteiger partial charge is 0.268 e. The summed E-state index contributed by atoms with van der Waals surface area (Å²) in [6, 6.07) is 23.7. The van der Waals surface area contributed by atoms with Gasteiger partial charge in [-0.2, -0.15) is 0 Å². The summed E-state index contributed by atoms with van der Waals surface area (Å²) in [6.45, 7) is 0. The van der Waals surface area contributed by atoms with Crippen LogP contribution in [-0.4, -0.2) is 38.9 Å². The lowest BCUT2D eigenvalue weighted by Crippen LogP contribution is -2.22. The lowest BCUT2D eigenvalue weighted by Gasteiger charge is -2.23. The van der Waals surface area contributed by atoms with Crippen LogP contribution in [0, 0.1) is 5.82 Å². The van der Waals surface area contributed by atoms with Crippen LogP contribution >= 0.6 is 0 Å². The Hall–Kier alpha value is -5.07. The van der Waals surface area contributed by atoms with E-state index in [-0.39, 0.29) is 22.9 Å². The van der Waals surface area contributed by atoms with Crippen LogP contribution < -0.4 is 24.4 Å². The fourth-order valence-corrected chi connectivity index (χ4v) is 4.60. The van der Waals surface area contributed by atoms with Crippen molar-refractivity contribution in [3.8, 4) is 11.5 Å². The van der Waals surface area contributed by atoms with E-state index in [2.05, 4.69) is 20.6 Å². The Labute approximate surface area is 237 Å². The van der Waals surface area contributed by atoms with Crippen LogP contribution in [0.5, 0.6) is 11.5 Å². The van der Waals surface area contributed by atoms with Crippen molar-refractivity contribution in [1.82, 2.24) is 9.97 Å². The lowest BCUT2D eigenvalue weighted by molar-refractivity contribution is 0.102. The van der Waals surface area contributed by atoms with Crippen LogP contribution in [0.25, 0.3) is 11.0 Å². The number of carbonyl (C=O) groups is 1. The van der Waals surface area contributed by atoms with E-state index in [1.807, 2.05) is 6.07 Å². The number of para-hydroxylation sites is 2. The molecule has 1 aromatic heterocycles. The summed E-state index contributed by atoms with van der Waals surface area (Å²) >= 11 is -2.60. The van der Waals surface area contributed by atoms with Gasteiger partial charge in [0.15, 0.2) is 11.6 Å². The van der Waals surface area contributed by atoms with Gasteiger partial charge < -0.3 is 20.1 Å². The zero-order valence-electron chi connectivity index (χ0n) is 21.9. The fourth-order valence-electron chi connectivity index (χ4n) is 4.03. The molecule has 1 atom stereocenters. The topological polar surface area (TPSA) is 126 Å². The number of fused-ring (bicyclic) bond motifs is 1. The van der Waals surface area contributed by atoms with E-state index in [9.17, 15) is 17.9 Å². The standard InChI is InChI=1S/C29H24FN5O5S/c1-39-23-15-21(16-24(17-23)40-2)31-27-28(34-26-9-4-3-8-25(26)33-27)35(41(37)38)22-7-5-6-20(14-22)32-29(36)18-10-12-19(30)13-11-18/h3-17H,1-2H3,(H,31,33)(H,32,36)(H,37,38). The van der Waals surface area contributed by atoms with Gasteiger partial charge in [-0.3, -0.25) is 9.35 Å². The molecule has 208 valence electrons. The Morgan fingerprint density at radius 3 is 2.15 bits per heavy atom. The predicted octanol–water partition coefficient (Wildman–Crippen LogP) is 6.06. The molecule has 5 aromatic rings. The number of ether oxygens (including phenoxy) is 2. The number of benzene rings is 4. The number of methoxy groups -OCH3 is 2. The molecule has 41 heavy (non-hydrogen) atoms. The molecule has 0 fully saturated rings. The highest BCUT2D eigenvalue weighted by molar-refractivity contribution is 7.81. The molecule has 0 aliphatic rings. The van der Waals surface area contributed by atoms with Crippen molar-refractivity contribution in [3.05, 3.63) is 102 Å². The maximum Gasteiger partial charge on any atom is 0.268 e. The molecule has 0 radical (unpaired) electrons. The van der Waals surface area contributed by atoms with Gasteiger partial charge in [0.1, 0.15) is 17.3 Å². The molecule has 0 saturated carbocycles. The zero-order chi connectivity index (χ0) is 28.9. The van der Waals surface area contributed by atoms with E-state index in [0.717, 1.165) is 4.31 Å². The maximum atomic E-state index is 13.3. The first kappa shape index (κ1) is 27.5. The summed E-state index contributed by atoms with van der Waals surface area (Å²) in [5, 5.41) is 5.90. The monoisotopic (exact) mass is 573 g/mol. The third-order valence-corrected chi connectivity index (χ3v) is 6.66. The summed E-state index contributed by atoms with van der Waals surface area (Å²) < 4.78 is 48.4. The third-order valence-electron chi connectivity index (χ3n) is 5.96. The molecule has 0 aliphatic heterocycles. The average molecular weight is 574 g/mol. The van der Waals surface area contributed by atoms with Crippen molar-refractivity contribution in [2.75, 3.05) is 29.2 Å². The van der Waals surface area contributed by atoms with Crippen LogP contribution in [0.3, 0.4) is 0 Å². The average Bonchev–Trinajstić information content (AvgIpc) is 2.97. The van der Waals surface area contributed by atoms with E-state index < -0.39 is 23.0 Å². The normalized spacial score (nSPS) is 11.5. The maximum absolute atomic E-state index is 13.3. The van der Waals surface area contributed by atoms with E-state index in [1.54, 1.807) is 54.6 Å². The predicted molar refractivity (Wildman–Crippen MR) is 156 cm³/mol. The summed E-state index contributed by atoms with van der Waals surface area (Å²) in [6.07, 6.45) is 0. The van der Waals surface area contributed by atoms with Gasteiger partial charge in [0.05, 0.1) is 30.9 Å². The van der Waals surface area contributed by atoms with Crippen molar-refractivity contribution in [2.45, 2.75) is 0 Å². The number of hydrogen-bond donors (Lipinski definition) is 3. The summed E-state index contributed by atoms with van der Waals surface area (Å²) in [4.78, 5) is 22.1. The molecule has 0 bridgehead atoms. The van der Waals surface area contributed by atoms with Gasteiger partial charge in [0, 0.05) is 35.1 Å². The third kappa shape index (κ3) is 6.24.